The Bertz CT molecular complexity index is 784. The zero-order valence-corrected chi connectivity index (χ0v) is 16.3. The zero-order valence-electron chi connectivity index (χ0n) is 16.3. The predicted octanol–water partition coefficient (Wildman–Crippen LogP) is 2.62. The normalized spacial score (nSPS) is 30.2. The first-order valence-corrected chi connectivity index (χ1v) is 10.3. The molecule has 4 rings (SSSR count). The van der Waals surface area contributed by atoms with Crippen LogP contribution in [0.1, 0.15) is 56.1 Å². The molecule has 2 unspecified atom stereocenters. The number of aliphatic carboxylic acids is 1. The van der Waals surface area contributed by atoms with E-state index in [0.29, 0.717) is 19.0 Å². The molecule has 150 valence electrons. The van der Waals surface area contributed by atoms with Gasteiger partial charge in [0.1, 0.15) is 0 Å². The summed E-state index contributed by atoms with van der Waals surface area (Å²) in [7, 11) is 0. The lowest BCUT2D eigenvalue weighted by molar-refractivity contribution is -0.142. The Morgan fingerprint density at radius 2 is 1.79 bits per heavy atom. The van der Waals surface area contributed by atoms with Crippen LogP contribution in [0.25, 0.3) is 0 Å². The van der Waals surface area contributed by atoms with Crippen LogP contribution in [0.15, 0.2) is 24.3 Å². The van der Waals surface area contributed by atoms with Crippen molar-refractivity contribution in [1.82, 2.24) is 9.80 Å². The van der Waals surface area contributed by atoms with Crippen molar-refractivity contribution in [3.63, 3.8) is 0 Å². The van der Waals surface area contributed by atoms with Crippen molar-refractivity contribution in [2.75, 3.05) is 13.1 Å². The highest BCUT2D eigenvalue weighted by Crippen LogP contribution is 2.34. The first-order valence-electron chi connectivity index (χ1n) is 10.3. The van der Waals surface area contributed by atoms with E-state index in [0.717, 1.165) is 36.8 Å². The molecule has 1 saturated carbocycles. The van der Waals surface area contributed by atoms with E-state index in [-0.39, 0.29) is 36.7 Å². The molecule has 3 aliphatic rings. The van der Waals surface area contributed by atoms with E-state index in [1.54, 1.807) is 4.90 Å². The van der Waals surface area contributed by atoms with Crippen LogP contribution in [0.5, 0.6) is 0 Å². The summed E-state index contributed by atoms with van der Waals surface area (Å²) in [5, 5.41) is 9.63. The van der Waals surface area contributed by atoms with E-state index in [9.17, 15) is 19.5 Å². The summed E-state index contributed by atoms with van der Waals surface area (Å²) in [4.78, 5) is 41.0. The molecular formula is C22H28N2O4. The summed E-state index contributed by atoms with van der Waals surface area (Å²) >= 11 is 0. The molecule has 2 heterocycles. The van der Waals surface area contributed by atoms with Crippen LogP contribution in [0.2, 0.25) is 0 Å². The van der Waals surface area contributed by atoms with Gasteiger partial charge in [0.25, 0.3) is 0 Å². The smallest absolute Gasteiger partial charge is 0.312 e. The van der Waals surface area contributed by atoms with Crippen LogP contribution in [0.3, 0.4) is 0 Å². The fourth-order valence-electron chi connectivity index (χ4n) is 5.05. The van der Waals surface area contributed by atoms with Gasteiger partial charge in [0.05, 0.1) is 11.8 Å². The number of hydrogen-bond acceptors (Lipinski definition) is 3. The molecule has 0 bridgehead atoms. The number of amides is 2. The second kappa shape index (κ2) is 7.57. The molecular weight excluding hydrogens is 356 g/mol. The third kappa shape index (κ3) is 3.52. The first kappa shape index (κ1) is 19.0. The maximum absolute atomic E-state index is 13.2. The van der Waals surface area contributed by atoms with Crippen LogP contribution < -0.4 is 0 Å². The predicted molar refractivity (Wildman–Crippen MR) is 103 cm³/mol. The van der Waals surface area contributed by atoms with Crippen molar-refractivity contribution in [1.29, 1.82) is 0 Å². The first-order chi connectivity index (χ1) is 13.4. The summed E-state index contributed by atoms with van der Waals surface area (Å²) < 4.78 is 0. The Balaban J connectivity index is 1.46. The van der Waals surface area contributed by atoms with Crippen molar-refractivity contribution in [2.24, 2.45) is 11.8 Å². The average Bonchev–Trinajstić information content (AvgIpc) is 3.08. The van der Waals surface area contributed by atoms with E-state index >= 15 is 0 Å². The minimum Gasteiger partial charge on any atom is -0.481 e. The number of rotatable bonds is 3. The van der Waals surface area contributed by atoms with E-state index in [1.165, 1.54) is 0 Å². The zero-order chi connectivity index (χ0) is 19.8. The molecule has 0 radical (unpaired) electrons. The minimum absolute atomic E-state index is 0.0742. The third-order valence-electron chi connectivity index (χ3n) is 6.74. The maximum Gasteiger partial charge on any atom is 0.312 e. The number of carbonyl (C=O) groups is 3. The number of hydrogen-bond donors (Lipinski definition) is 1. The van der Waals surface area contributed by atoms with E-state index in [1.807, 2.05) is 29.2 Å². The van der Waals surface area contributed by atoms with Gasteiger partial charge in [0.2, 0.25) is 11.8 Å². The van der Waals surface area contributed by atoms with Crippen molar-refractivity contribution in [3.8, 4) is 0 Å². The van der Waals surface area contributed by atoms with Crippen LogP contribution in [0.4, 0.5) is 0 Å². The van der Waals surface area contributed by atoms with Gasteiger partial charge in [-0.15, -0.1) is 0 Å². The van der Waals surface area contributed by atoms with Crippen LogP contribution in [-0.2, 0) is 20.9 Å². The summed E-state index contributed by atoms with van der Waals surface area (Å²) in [5.41, 5.74) is 1.68. The molecule has 1 aliphatic carbocycles. The van der Waals surface area contributed by atoms with Crippen molar-refractivity contribution in [2.45, 2.75) is 57.5 Å². The van der Waals surface area contributed by atoms with Crippen LogP contribution in [0, 0.1) is 11.8 Å². The molecule has 2 atom stereocenters. The Labute approximate surface area is 165 Å². The fraction of sp³-hybridized carbons (Fsp3) is 0.591. The summed E-state index contributed by atoms with van der Waals surface area (Å²) in [6.45, 7) is 3.33. The monoisotopic (exact) mass is 384 g/mol. The number of likely N-dealkylation sites (tertiary alicyclic amines) is 1. The van der Waals surface area contributed by atoms with Crippen LogP contribution in [-0.4, -0.2) is 51.8 Å². The van der Waals surface area contributed by atoms with Gasteiger partial charge in [-0.1, -0.05) is 31.2 Å². The van der Waals surface area contributed by atoms with Gasteiger partial charge in [0, 0.05) is 32.1 Å². The molecule has 1 N–H and O–H groups in total. The second-order valence-corrected chi connectivity index (χ2v) is 8.67. The molecule has 1 saturated heterocycles. The largest absolute Gasteiger partial charge is 0.481 e. The molecule has 28 heavy (non-hydrogen) atoms. The maximum atomic E-state index is 13.2. The summed E-state index contributed by atoms with van der Waals surface area (Å²) in [6, 6.07) is 7.69. The van der Waals surface area contributed by atoms with Gasteiger partial charge >= 0.3 is 5.97 Å². The Hall–Kier alpha value is -2.37. The quantitative estimate of drug-likeness (QED) is 0.869. The molecule has 0 aromatic heterocycles. The van der Waals surface area contributed by atoms with Crippen molar-refractivity contribution >= 4 is 17.8 Å². The van der Waals surface area contributed by atoms with Crippen LogP contribution >= 0.6 is 0 Å². The number of nitrogens with zero attached hydrogens (tertiary/aromatic N) is 2. The summed E-state index contributed by atoms with van der Waals surface area (Å²) in [6.07, 6.45) is 4.56. The number of carboxylic acids is 1. The van der Waals surface area contributed by atoms with Gasteiger partial charge in [-0.2, -0.15) is 0 Å². The highest BCUT2D eigenvalue weighted by atomic mass is 16.4. The second-order valence-electron chi connectivity index (χ2n) is 8.67. The SMILES string of the molecule is CC1CCC(N2CC(C(=O)N3Cc4ccccc4C(C(=O)O)C3)CC2=O)CC1. The Morgan fingerprint density at radius 1 is 1.07 bits per heavy atom. The van der Waals surface area contributed by atoms with E-state index < -0.39 is 11.9 Å². The van der Waals surface area contributed by atoms with Gasteiger partial charge in [-0.25, -0.2) is 0 Å². The van der Waals surface area contributed by atoms with Gasteiger partial charge < -0.3 is 14.9 Å². The molecule has 2 fully saturated rings. The highest BCUT2D eigenvalue weighted by molar-refractivity contribution is 5.90. The molecule has 1 aromatic rings. The topological polar surface area (TPSA) is 77.9 Å². The Morgan fingerprint density at radius 3 is 2.50 bits per heavy atom. The molecule has 6 nitrogen and oxygen atoms in total. The molecule has 0 spiro atoms. The summed E-state index contributed by atoms with van der Waals surface area (Å²) in [5.74, 6) is -1.27. The minimum atomic E-state index is -0.912. The lowest BCUT2D eigenvalue weighted by atomic mass is 9.86. The fourth-order valence-corrected chi connectivity index (χ4v) is 5.05. The molecule has 2 aliphatic heterocycles. The molecule has 2 amide bonds. The van der Waals surface area contributed by atoms with E-state index in [4.69, 9.17) is 0 Å². The molecule has 1 aromatic carbocycles. The van der Waals surface area contributed by atoms with Crippen molar-refractivity contribution in [3.05, 3.63) is 35.4 Å². The number of carboxylic acid groups (broad SMARTS) is 1. The van der Waals surface area contributed by atoms with E-state index in [2.05, 4.69) is 6.92 Å². The number of carbonyl (C=O) groups excluding carboxylic acids is 2. The lowest BCUT2D eigenvalue weighted by Gasteiger charge is -2.35. The Kier molecular flexibility index (Phi) is 5.13. The number of fused-ring (bicyclic) bond motifs is 1. The highest BCUT2D eigenvalue weighted by Gasteiger charge is 2.42. The number of benzene rings is 1. The lowest BCUT2D eigenvalue weighted by Crippen LogP contribution is -2.44. The molecule has 6 heteroatoms. The average molecular weight is 384 g/mol. The van der Waals surface area contributed by atoms with Gasteiger partial charge in [0.15, 0.2) is 0 Å². The van der Waals surface area contributed by atoms with Gasteiger partial charge in [-0.05, 0) is 42.7 Å². The third-order valence-corrected chi connectivity index (χ3v) is 6.74. The standard InChI is InChI=1S/C22H28N2O4/c1-14-6-8-17(9-7-14)24-12-16(10-20(24)25)21(26)23-11-15-4-2-3-5-18(15)19(13-23)22(27)28/h2-5,14,16-17,19H,6-13H2,1H3,(H,27,28). The van der Waals surface area contributed by atoms with Gasteiger partial charge in [-0.3, -0.25) is 14.4 Å². The van der Waals surface area contributed by atoms with Crippen molar-refractivity contribution < 1.29 is 19.5 Å².